The van der Waals surface area contributed by atoms with Crippen LogP contribution in [0.25, 0.3) is 0 Å². The molecular formula is C11H12N4O2. The van der Waals surface area contributed by atoms with Crippen molar-refractivity contribution in [2.24, 2.45) is 17.3 Å². The summed E-state index contributed by atoms with van der Waals surface area (Å²) in [5.41, 5.74) is 0.352. The zero-order chi connectivity index (χ0) is 12.3. The van der Waals surface area contributed by atoms with E-state index in [1.807, 2.05) is 0 Å². The van der Waals surface area contributed by atoms with Gasteiger partial charge in [0.2, 0.25) is 0 Å². The van der Waals surface area contributed by atoms with Crippen LogP contribution in [0.4, 0.5) is 11.5 Å². The molecular weight excluding hydrogens is 220 g/mol. The summed E-state index contributed by atoms with van der Waals surface area (Å²) in [7, 11) is 3.31. The fourth-order valence-corrected chi connectivity index (χ4v) is 1.28. The van der Waals surface area contributed by atoms with Crippen LogP contribution in [0.1, 0.15) is 0 Å². The van der Waals surface area contributed by atoms with E-state index in [-0.39, 0.29) is 5.75 Å². The molecule has 0 saturated heterocycles. The molecule has 88 valence electrons. The number of aromatic hydroxyl groups is 1. The van der Waals surface area contributed by atoms with E-state index in [0.717, 1.165) is 0 Å². The van der Waals surface area contributed by atoms with Gasteiger partial charge in [0, 0.05) is 19.2 Å². The highest BCUT2D eigenvalue weighted by atomic mass is 16.5. The Balaban J connectivity index is 2.29. The molecule has 17 heavy (non-hydrogen) atoms. The summed E-state index contributed by atoms with van der Waals surface area (Å²) in [6.45, 7) is 0. The highest BCUT2D eigenvalue weighted by Crippen LogP contribution is 2.31. The molecule has 1 aromatic carbocycles. The number of phenolic OH excluding ortho intramolecular Hbond substituents is 1. The Morgan fingerprint density at radius 3 is 2.76 bits per heavy atom. The number of hydrogen-bond acceptors (Lipinski definition) is 5. The lowest BCUT2D eigenvalue weighted by atomic mass is 10.3. The zero-order valence-corrected chi connectivity index (χ0v) is 9.53. The van der Waals surface area contributed by atoms with Crippen molar-refractivity contribution in [2.75, 3.05) is 7.11 Å². The second kappa shape index (κ2) is 4.65. The fraction of sp³-hybridized carbons (Fsp3) is 0.182. The van der Waals surface area contributed by atoms with Crippen LogP contribution < -0.4 is 4.74 Å². The molecule has 2 rings (SSSR count). The van der Waals surface area contributed by atoms with Crippen LogP contribution in [0.2, 0.25) is 0 Å². The van der Waals surface area contributed by atoms with Gasteiger partial charge in [0.25, 0.3) is 0 Å². The molecule has 0 atom stereocenters. The van der Waals surface area contributed by atoms with Crippen LogP contribution in [-0.4, -0.2) is 22.0 Å². The van der Waals surface area contributed by atoms with E-state index in [2.05, 4.69) is 15.3 Å². The molecule has 0 amide bonds. The Hall–Kier alpha value is -2.37. The Morgan fingerprint density at radius 2 is 2.12 bits per heavy atom. The molecule has 0 aliphatic rings. The predicted octanol–water partition coefficient (Wildman–Crippen LogP) is 2.55. The minimum atomic E-state index is 0.0525. The number of aryl methyl sites for hydroxylation is 1. The first-order valence-electron chi connectivity index (χ1n) is 4.97. The van der Waals surface area contributed by atoms with Crippen molar-refractivity contribution in [1.82, 2.24) is 9.78 Å². The van der Waals surface area contributed by atoms with Gasteiger partial charge in [-0.1, -0.05) is 0 Å². The van der Waals surface area contributed by atoms with Gasteiger partial charge in [0.15, 0.2) is 5.82 Å². The van der Waals surface area contributed by atoms with E-state index >= 15 is 0 Å². The lowest BCUT2D eigenvalue weighted by molar-refractivity contribution is 0.412. The SMILES string of the molecule is COc1ccc(O)c(N=Nc2ccnn2C)c1. The van der Waals surface area contributed by atoms with Gasteiger partial charge in [-0.15, -0.1) is 10.2 Å². The van der Waals surface area contributed by atoms with E-state index in [0.29, 0.717) is 17.3 Å². The minimum absolute atomic E-state index is 0.0525. The third-order valence-electron chi connectivity index (χ3n) is 2.24. The van der Waals surface area contributed by atoms with E-state index in [4.69, 9.17) is 4.74 Å². The van der Waals surface area contributed by atoms with E-state index < -0.39 is 0 Å². The number of methoxy groups -OCH3 is 1. The van der Waals surface area contributed by atoms with Crippen LogP contribution in [0.15, 0.2) is 40.7 Å². The van der Waals surface area contributed by atoms with Crippen LogP contribution in [0.5, 0.6) is 11.5 Å². The number of rotatable bonds is 3. The summed E-state index contributed by atoms with van der Waals surface area (Å²) in [5.74, 6) is 1.27. The smallest absolute Gasteiger partial charge is 0.172 e. The fourth-order valence-electron chi connectivity index (χ4n) is 1.28. The highest BCUT2D eigenvalue weighted by molar-refractivity contribution is 5.54. The van der Waals surface area contributed by atoms with E-state index in [1.54, 1.807) is 43.2 Å². The first kappa shape index (κ1) is 11.1. The second-order valence-electron chi connectivity index (χ2n) is 3.37. The molecule has 0 unspecified atom stereocenters. The molecule has 1 aromatic heterocycles. The molecule has 0 saturated carbocycles. The van der Waals surface area contributed by atoms with Crippen molar-refractivity contribution in [3.63, 3.8) is 0 Å². The molecule has 6 heteroatoms. The molecule has 2 aromatic rings. The Bertz CT molecular complexity index is 548. The Morgan fingerprint density at radius 1 is 1.29 bits per heavy atom. The van der Waals surface area contributed by atoms with Crippen LogP contribution in [-0.2, 0) is 7.05 Å². The first-order chi connectivity index (χ1) is 8.20. The van der Waals surface area contributed by atoms with Gasteiger partial charge >= 0.3 is 0 Å². The average Bonchev–Trinajstić information content (AvgIpc) is 2.74. The van der Waals surface area contributed by atoms with Gasteiger partial charge in [-0.2, -0.15) is 5.10 Å². The maximum Gasteiger partial charge on any atom is 0.172 e. The van der Waals surface area contributed by atoms with Crippen molar-refractivity contribution < 1.29 is 9.84 Å². The number of hydrogen-bond donors (Lipinski definition) is 1. The molecule has 0 aliphatic heterocycles. The third kappa shape index (κ3) is 2.41. The summed E-state index contributed by atoms with van der Waals surface area (Å²) >= 11 is 0. The summed E-state index contributed by atoms with van der Waals surface area (Å²) in [4.78, 5) is 0. The zero-order valence-electron chi connectivity index (χ0n) is 9.53. The number of aromatic nitrogens is 2. The monoisotopic (exact) mass is 232 g/mol. The van der Waals surface area contributed by atoms with Crippen LogP contribution >= 0.6 is 0 Å². The number of benzene rings is 1. The van der Waals surface area contributed by atoms with Gasteiger partial charge in [0.1, 0.15) is 17.2 Å². The normalized spacial score (nSPS) is 10.9. The molecule has 0 radical (unpaired) electrons. The Kier molecular flexibility index (Phi) is 3.04. The highest BCUT2D eigenvalue weighted by Gasteiger charge is 2.02. The molecule has 1 heterocycles. The molecule has 0 aliphatic carbocycles. The molecule has 0 fully saturated rings. The topological polar surface area (TPSA) is 72.0 Å². The standard InChI is InChI=1S/C11H12N4O2/c1-15-11(5-6-12-15)14-13-9-7-8(17-2)3-4-10(9)16/h3-7,16H,1-2H3. The summed E-state index contributed by atoms with van der Waals surface area (Å²) < 4.78 is 6.62. The average molecular weight is 232 g/mol. The number of nitrogens with zero attached hydrogens (tertiary/aromatic N) is 4. The number of azo groups is 1. The number of phenols is 1. The van der Waals surface area contributed by atoms with Crippen molar-refractivity contribution in [3.8, 4) is 11.5 Å². The van der Waals surface area contributed by atoms with Crippen molar-refractivity contribution >= 4 is 11.5 Å². The Labute approximate surface area is 98.2 Å². The van der Waals surface area contributed by atoms with Gasteiger partial charge in [-0.05, 0) is 12.1 Å². The summed E-state index contributed by atoms with van der Waals surface area (Å²) in [6, 6.07) is 6.49. The maximum atomic E-state index is 9.60. The van der Waals surface area contributed by atoms with Crippen LogP contribution in [0.3, 0.4) is 0 Å². The van der Waals surface area contributed by atoms with E-state index in [9.17, 15) is 5.11 Å². The van der Waals surface area contributed by atoms with Crippen molar-refractivity contribution in [2.45, 2.75) is 0 Å². The summed E-state index contributed by atoms with van der Waals surface area (Å²) in [5, 5.41) is 21.5. The van der Waals surface area contributed by atoms with Gasteiger partial charge < -0.3 is 9.84 Å². The van der Waals surface area contributed by atoms with E-state index in [1.165, 1.54) is 6.07 Å². The maximum absolute atomic E-state index is 9.60. The summed E-state index contributed by atoms with van der Waals surface area (Å²) in [6.07, 6.45) is 1.62. The van der Waals surface area contributed by atoms with Gasteiger partial charge in [-0.25, -0.2) is 4.68 Å². The minimum Gasteiger partial charge on any atom is -0.506 e. The number of ether oxygens (including phenoxy) is 1. The lowest BCUT2D eigenvalue weighted by Gasteiger charge is -2.01. The molecule has 0 spiro atoms. The van der Waals surface area contributed by atoms with Crippen LogP contribution in [0, 0.1) is 0 Å². The molecule has 1 N–H and O–H groups in total. The van der Waals surface area contributed by atoms with Crippen molar-refractivity contribution in [3.05, 3.63) is 30.5 Å². The molecule has 0 bridgehead atoms. The quantitative estimate of drug-likeness (QED) is 0.826. The largest absolute Gasteiger partial charge is 0.506 e. The third-order valence-corrected chi connectivity index (χ3v) is 2.24. The molecule has 6 nitrogen and oxygen atoms in total. The predicted molar refractivity (Wildman–Crippen MR) is 62.0 cm³/mol. The van der Waals surface area contributed by atoms with Gasteiger partial charge in [-0.3, -0.25) is 0 Å². The van der Waals surface area contributed by atoms with Gasteiger partial charge in [0.05, 0.1) is 13.3 Å². The second-order valence-corrected chi connectivity index (χ2v) is 3.37. The lowest BCUT2D eigenvalue weighted by Crippen LogP contribution is -1.87. The first-order valence-corrected chi connectivity index (χ1v) is 4.97. The van der Waals surface area contributed by atoms with Crippen molar-refractivity contribution in [1.29, 1.82) is 0 Å².